The molecule has 0 aromatic heterocycles. The molecule has 2 N–H and O–H groups in total. The molecule has 118 valence electrons. The van der Waals surface area contributed by atoms with E-state index in [9.17, 15) is 8.78 Å². The summed E-state index contributed by atoms with van der Waals surface area (Å²) in [6.07, 6.45) is 2.54. The number of nitrogens with one attached hydrogen (secondary N) is 2. The van der Waals surface area contributed by atoms with Crippen molar-refractivity contribution in [3.8, 4) is 0 Å². The molecule has 0 aliphatic rings. The molecule has 0 saturated carbocycles. The molecular formula is C15H23F2N3S. The molecule has 0 amide bonds. The summed E-state index contributed by atoms with van der Waals surface area (Å²) in [7, 11) is 1.69. The fourth-order valence-electron chi connectivity index (χ4n) is 1.63. The highest BCUT2D eigenvalue weighted by Crippen LogP contribution is 2.19. The number of rotatable bonds is 6. The molecule has 0 fully saturated rings. The largest absolute Gasteiger partial charge is 0.356 e. The number of hydrogen-bond donors (Lipinski definition) is 2. The molecule has 0 radical (unpaired) electrons. The van der Waals surface area contributed by atoms with Crippen LogP contribution in [-0.2, 0) is 6.42 Å². The number of aliphatic imine (C=N–C) groups is 1. The summed E-state index contributed by atoms with van der Waals surface area (Å²) in [6.45, 7) is 5.60. The highest BCUT2D eigenvalue weighted by Gasteiger charge is 2.16. The molecule has 0 heterocycles. The number of benzene rings is 1. The Balaban J connectivity index is 2.42. The second-order valence-electron chi connectivity index (χ2n) is 5.30. The van der Waals surface area contributed by atoms with Crippen molar-refractivity contribution in [3.63, 3.8) is 0 Å². The van der Waals surface area contributed by atoms with Crippen LogP contribution in [0.5, 0.6) is 0 Å². The van der Waals surface area contributed by atoms with Crippen LogP contribution in [0.3, 0.4) is 0 Å². The standard InChI is InChI=1S/C15H23F2N3S/c1-15(2,21-4)10-20-14(18-3)19-8-7-11-5-6-12(16)9-13(11)17/h5-6,9H,7-8,10H2,1-4H3,(H2,18,19,20). The molecule has 0 bridgehead atoms. The van der Waals surface area contributed by atoms with E-state index in [1.54, 1.807) is 18.8 Å². The molecule has 1 aromatic rings. The topological polar surface area (TPSA) is 36.4 Å². The van der Waals surface area contributed by atoms with Crippen LogP contribution in [0.2, 0.25) is 0 Å². The molecule has 3 nitrogen and oxygen atoms in total. The molecule has 6 heteroatoms. The Bertz CT molecular complexity index is 490. The molecular weight excluding hydrogens is 292 g/mol. The number of nitrogens with zero attached hydrogens (tertiary/aromatic N) is 1. The van der Waals surface area contributed by atoms with Crippen molar-refractivity contribution in [3.05, 3.63) is 35.4 Å². The van der Waals surface area contributed by atoms with Crippen molar-refractivity contribution < 1.29 is 8.78 Å². The highest BCUT2D eigenvalue weighted by molar-refractivity contribution is 7.99. The van der Waals surface area contributed by atoms with E-state index in [-0.39, 0.29) is 4.75 Å². The Labute approximate surface area is 129 Å². The zero-order chi connectivity index (χ0) is 15.9. The van der Waals surface area contributed by atoms with Gasteiger partial charge < -0.3 is 10.6 Å². The predicted molar refractivity (Wildman–Crippen MR) is 87.0 cm³/mol. The lowest BCUT2D eigenvalue weighted by Gasteiger charge is -2.23. The summed E-state index contributed by atoms with van der Waals surface area (Å²) < 4.78 is 26.4. The van der Waals surface area contributed by atoms with Gasteiger partial charge in [0.15, 0.2) is 5.96 Å². The summed E-state index contributed by atoms with van der Waals surface area (Å²) in [5, 5.41) is 6.36. The Morgan fingerprint density at radius 1 is 1.29 bits per heavy atom. The maximum absolute atomic E-state index is 13.5. The third-order valence-corrected chi connectivity index (χ3v) is 4.41. The van der Waals surface area contributed by atoms with E-state index >= 15 is 0 Å². The van der Waals surface area contributed by atoms with Crippen molar-refractivity contribution in [2.75, 3.05) is 26.4 Å². The van der Waals surface area contributed by atoms with Gasteiger partial charge in [0.1, 0.15) is 11.6 Å². The summed E-state index contributed by atoms with van der Waals surface area (Å²) in [4.78, 5) is 4.12. The molecule has 1 aromatic carbocycles. The smallest absolute Gasteiger partial charge is 0.191 e. The van der Waals surface area contributed by atoms with Gasteiger partial charge in [-0.1, -0.05) is 6.07 Å². The van der Waals surface area contributed by atoms with E-state index < -0.39 is 11.6 Å². The van der Waals surface area contributed by atoms with Crippen LogP contribution < -0.4 is 10.6 Å². The lowest BCUT2D eigenvalue weighted by atomic mass is 10.1. The Morgan fingerprint density at radius 3 is 2.57 bits per heavy atom. The van der Waals surface area contributed by atoms with Gasteiger partial charge in [-0.15, -0.1) is 0 Å². The first-order valence-corrected chi connectivity index (χ1v) is 8.04. The summed E-state index contributed by atoms with van der Waals surface area (Å²) in [5.74, 6) is -0.385. The Kier molecular flexibility index (Phi) is 6.95. The maximum Gasteiger partial charge on any atom is 0.191 e. The average molecular weight is 315 g/mol. The van der Waals surface area contributed by atoms with Gasteiger partial charge in [0.05, 0.1) is 0 Å². The minimum Gasteiger partial charge on any atom is -0.356 e. The van der Waals surface area contributed by atoms with Gasteiger partial charge in [-0.25, -0.2) is 8.78 Å². The van der Waals surface area contributed by atoms with Crippen molar-refractivity contribution in [1.29, 1.82) is 0 Å². The number of guanidine groups is 1. The van der Waals surface area contributed by atoms with E-state index in [1.807, 2.05) is 0 Å². The van der Waals surface area contributed by atoms with E-state index in [2.05, 4.69) is 35.7 Å². The molecule has 0 aliphatic heterocycles. The minimum atomic E-state index is -0.555. The quantitative estimate of drug-likeness (QED) is 0.626. The maximum atomic E-state index is 13.5. The average Bonchev–Trinajstić information content (AvgIpc) is 2.44. The molecule has 0 unspecified atom stereocenters. The molecule has 0 saturated heterocycles. The van der Waals surface area contributed by atoms with E-state index in [1.165, 1.54) is 12.1 Å². The number of thioether (sulfide) groups is 1. The molecule has 1 rings (SSSR count). The first kappa shape index (κ1) is 17.8. The van der Waals surface area contributed by atoms with Crippen LogP contribution in [-0.4, -0.2) is 37.1 Å². The van der Waals surface area contributed by atoms with Crippen molar-refractivity contribution >= 4 is 17.7 Å². The molecule has 21 heavy (non-hydrogen) atoms. The first-order valence-electron chi connectivity index (χ1n) is 6.81. The van der Waals surface area contributed by atoms with Gasteiger partial charge in [-0.05, 0) is 38.2 Å². The Morgan fingerprint density at radius 2 is 2.00 bits per heavy atom. The van der Waals surface area contributed by atoms with Gasteiger partial charge in [-0.3, -0.25) is 4.99 Å². The fourth-order valence-corrected chi connectivity index (χ4v) is 1.85. The van der Waals surface area contributed by atoms with E-state index in [4.69, 9.17) is 0 Å². The minimum absolute atomic E-state index is 0.112. The normalized spacial score (nSPS) is 12.4. The summed E-state index contributed by atoms with van der Waals surface area (Å²) in [6, 6.07) is 3.65. The summed E-state index contributed by atoms with van der Waals surface area (Å²) in [5.41, 5.74) is 0.490. The van der Waals surface area contributed by atoms with Crippen molar-refractivity contribution in [1.82, 2.24) is 10.6 Å². The number of halogens is 2. The highest BCUT2D eigenvalue weighted by atomic mass is 32.2. The number of hydrogen-bond acceptors (Lipinski definition) is 2. The van der Waals surface area contributed by atoms with Crippen molar-refractivity contribution in [2.24, 2.45) is 4.99 Å². The van der Waals surface area contributed by atoms with Gasteiger partial charge in [0, 0.05) is 31.0 Å². The van der Waals surface area contributed by atoms with Crippen LogP contribution in [0.15, 0.2) is 23.2 Å². The second kappa shape index (κ2) is 8.22. The van der Waals surface area contributed by atoms with Crippen LogP contribution >= 0.6 is 11.8 Å². The van der Waals surface area contributed by atoms with E-state index in [0.29, 0.717) is 24.5 Å². The zero-order valence-electron chi connectivity index (χ0n) is 13.0. The van der Waals surface area contributed by atoms with Crippen LogP contribution in [0.4, 0.5) is 8.78 Å². The van der Waals surface area contributed by atoms with Crippen LogP contribution in [0, 0.1) is 11.6 Å². The van der Waals surface area contributed by atoms with Gasteiger partial charge in [0.2, 0.25) is 0 Å². The lowest BCUT2D eigenvalue weighted by molar-refractivity contribution is 0.570. The molecule has 0 aliphatic carbocycles. The Hall–Kier alpha value is -1.30. The van der Waals surface area contributed by atoms with Crippen LogP contribution in [0.1, 0.15) is 19.4 Å². The molecule has 0 atom stereocenters. The second-order valence-corrected chi connectivity index (χ2v) is 6.82. The first-order chi connectivity index (χ1) is 9.88. The fraction of sp³-hybridized carbons (Fsp3) is 0.533. The molecule has 0 spiro atoms. The van der Waals surface area contributed by atoms with Crippen LogP contribution in [0.25, 0.3) is 0 Å². The van der Waals surface area contributed by atoms with Gasteiger partial charge in [-0.2, -0.15) is 11.8 Å². The zero-order valence-corrected chi connectivity index (χ0v) is 13.8. The van der Waals surface area contributed by atoms with E-state index in [0.717, 1.165) is 12.6 Å². The predicted octanol–water partition coefficient (Wildman–Crippen LogP) is 2.81. The summed E-state index contributed by atoms with van der Waals surface area (Å²) >= 11 is 1.77. The monoisotopic (exact) mass is 315 g/mol. The van der Waals surface area contributed by atoms with Crippen molar-refractivity contribution in [2.45, 2.75) is 25.0 Å². The lowest BCUT2D eigenvalue weighted by Crippen LogP contribution is -2.43. The third-order valence-electron chi connectivity index (χ3n) is 3.16. The van der Waals surface area contributed by atoms with Gasteiger partial charge >= 0.3 is 0 Å². The third kappa shape index (κ3) is 6.33. The van der Waals surface area contributed by atoms with Gasteiger partial charge in [0.25, 0.3) is 0 Å². The SMILES string of the molecule is CN=C(NCCc1ccc(F)cc1F)NCC(C)(C)SC.